The van der Waals surface area contributed by atoms with Gasteiger partial charge in [-0.1, -0.05) is 48.0 Å². The van der Waals surface area contributed by atoms with Gasteiger partial charge < -0.3 is 0 Å². The first-order valence-electron chi connectivity index (χ1n) is 6.34. The molecule has 0 fully saturated rings. The van der Waals surface area contributed by atoms with E-state index < -0.39 is 11.2 Å². The average Bonchev–Trinajstić information content (AvgIpc) is 2.50. The lowest BCUT2D eigenvalue weighted by Gasteiger charge is -2.14. The second-order valence-electron chi connectivity index (χ2n) is 4.72. The van der Waals surface area contributed by atoms with E-state index in [0.717, 1.165) is 5.56 Å². The first-order chi connectivity index (χ1) is 10.1. The second-order valence-corrected chi connectivity index (χ2v) is 5.56. The van der Waals surface area contributed by atoms with Crippen LogP contribution >= 0.6 is 23.2 Å². The molecule has 3 aromatic rings. The van der Waals surface area contributed by atoms with Crippen LogP contribution in [0.1, 0.15) is 16.5 Å². The van der Waals surface area contributed by atoms with Gasteiger partial charge in [0.2, 0.25) is 0 Å². The molecule has 0 heterocycles. The molecule has 106 valence electrons. The Bertz CT molecular complexity index is 815. The van der Waals surface area contributed by atoms with Gasteiger partial charge in [-0.15, -0.1) is 11.6 Å². The first kappa shape index (κ1) is 14.3. The molecule has 0 aliphatic carbocycles. The molecular weight excluding hydrogens is 313 g/mol. The van der Waals surface area contributed by atoms with E-state index in [4.69, 9.17) is 23.2 Å². The summed E-state index contributed by atoms with van der Waals surface area (Å²) in [5, 5.41) is 0.678. The smallest absolute Gasteiger partial charge is 0.142 e. The summed E-state index contributed by atoms with van der Waals surface area (Å²) in [5.74, 6) is -0.827. The van der Waals surface area contributed by atoms with Crippen molar-refractivity contribution in [2.45, 2.75) is 5.38 Å². The van der Waals surface area contributed by atoms with Gasteiger partial charge in [-0.2, -0.15) is 0 Å². The summed E-state index contributed by atoms with van der Waals surface area (Å²) >= 11 is 12.1. The van der Waals surface area contributed by atoms with Crippen molar-refractivity contribution in [2.24, 2.45) is 0 Å². The van der Waals surface area contributed by atoms with Crippen LogP contribution in [0.5, 0.6) is 0 Å². The minimum absolute atomic E-state index is 0.0478. The number of hydrogen-bond acceptors (Lipinski definition) is 0. The fraction of sp³-hybridized carbons (Fsp3) is 0.0588. The molecule has 0 radical (unpaired) electrons. The van der Waals surface area contributed by atoms with Crippen molar-refractivity contribution >= 4 is 34.0 Å². The summed E-state index contributed by atoms with van der Waals surface area (Å²) in [7, 11) is 0. The summed E-state index contributed by atoms with van der Waals surface area (Å²) in [6, 6.07) is 14.5. The Hall–Kier alpha value is -1.64. The summed E-state index contributed by atoms with van der Waals surface area (Å²) in [6.45, 7) is 0. The van der Waals surface area contributed by atoms with Gasteiger partial charge in [0.15, 0.2) is 0 Å². The molecule has 4 heteroatoms. The van der Waals surface area contributed by atoms with Crippen molar-refractivity contribution < 1.29 is 8.78 Å². The lowest BCUT2D eigenvalue weighted by atomic mass is 9.97. The molecule has 0 nitrogen and oxygen atoms in total. The molecule has 3 aromatic carbocycles. The molecule has 0 spiro atoms. The van der Waals surface area contributed by atoms with Crippen molar-refractivity contribution in [3.8, 4) is 0 Å². The molecule has 0 aliphatic heterocycles. The molecule has 0 N–H and O–H groups in total. The highest BCUT2D eigenvalue weighted by Crippen LogP contribution is 2.35. The molecule has 3 rings (SSSR count). The van der Waals surface area contributed by atoms with Crippen LogP contribution in [0.25, 0.3) is 10.8 Å². The number of benzene rings is 3. The van der Waals surface area contributed by atoms with Gasteiger partial charge in [0.1, 0.15) is 11.6 Å². The number of hydrogen-bond donors (Lipinski definition) is 0. The Kier molecular flexibility index (Phi) is 3.83. The van der Waals surface area contributed by atoms with Crippen LogP contribution in [0.15, 0.2) is 54.6 Å². The van der Waals surface area contributed by atoms with Crippen LogP contribution in [0, 0.1) is 11.6 Å². The number of rotatable bonds is 2. The van der Waals surface area contributed by atoms with Gasteiger partial charge in [0, 0.05) is 5.39 Å². The van der Waals surface area contributed by atoms with E-state index in [9.17, 15) is 8.78 Å². The normalized spacial score (nSPS) is 12.6. The zero-order valence-corrected chi connectivity index (χ0v) is 12.3. The van der Waals surface area contributed by atoms with Gasteiger partial charge >= 0.3 is 0 Å². The predicted molar refractivity (Wildman–Crippen MR) is 83.0 cm³/mol. The van der Waals surface area contributed by atoms with E-state index in [1.807, 2.05) is 6.07 Å². The quantitative estimate of drug-likeness (QED) is 0.500. The van der Waals surface area contributed by atoms with Crippen LogP contribution in [-0.2, 0) is 0 Å². The van der Waals surface area contributed by atoms with Gasteiger partial charge in [0.25, 0.3) is 0 Å². The maximum absolute atomic E-state index is 13.8. The van der Waals surface area contributed by atoms with E-state index in [1.165, 1.54) is 18.2 Å². The topological polar surface area (TPSA) is 0 Å². The zero-order valence-electron chi connectivity index (χ0n) is 10.8. The molecule has 1 unspecified atom stereocenters. The molecule has 0 saturated carbocycles. The highest BCUT2D eigenvalue weighted by atomic mass is 35.5. The molecule has 1 atom stereocenters. The van der Waals surface area contributed by atoms with Crippen LogP contribution in [-0.4, -0.2) is 0 Å². The van der Waals surface area contributed by atoms with Gasteiger partial charge in [-0.25, -0.2) is 8.78 Å². The third-order valence-electron chi connectivity index (χ3n) is 3.41. The number of halogens is 4. The van der Waals surface area contributed by atoms with Crippen LogP contribution in [0.4, 0.5) is 8.78 Å². The van der Waals surface area contributed by atoms with Gasteiger partial charge in [-0.05, 0) is 34.7 Å². The highest BCUT2D eigenvalue weighted by molar-refractivity contribution is 6.30. The van der Waals surface area contributed by atoms with Crippen molar-refractivity contribution in [1.82, 2.24) is 0 Å². The Morgan fingerprint density at radius 3 is 2.24 bits per heavy atom. The fourth-order valence-electron chi connectivity index (χ4n) is 2.36. The number of alkyl halides is 1. The maximum atomic E-state index is 13.8. The molecule has 0 bridgehead atoms. The lowest BCUT2D eigenvalue weighted by molar-refractivity contribution is 0.626. The highest BCUT2D eigenvalue weighted by Gasteiger charge is 2.16. The third kappa shape index (κ3) is 2.61. The molecule has 0 aromatic heterocycles. The SMILES string of the molecule is Fc1cc(C(Cl)c2ccc(F)c3ccccc23)ccc1Cl. The predicted octanol–water partition coefficient (Wildman–Crippen LogP) is 6.10. The van der Waals surface area contributed by atoms with E-state index in [2.05, 4.69) is 0 Å². The van der Waals surface area contributed by atoms with E-state index in [1.54, 1.807) is 30.3 Å². The summed E-state index contributed by atoms with van der Waals surface area (Å²) in [5.41, 5.74) is 1.31. The molecule has 0 saturated heterocycles. The minimum atomic E-state index is -0.581. The van der Waals surface area contributed by atoms with Crippen LogP contribution in [0.3, 0.4) is 0 Å². The molecule has 21 heavy (non-hydrogen) atoms. The zero-order chi connectivity index (χ0) is 15.0. The Morgan fingerprint density at radius 2 is 1.52 bits per heavy atom. The van der Waals surface area contributed by atoms with E-state index in [0.29, 0.717) is 16.3 Å². The monoisotopic (exact) mass is 322 g/mol. The standard InChI is InChI=1S/C17H10Cl2F2/c18-14-7-5-10(9-16(14)21)17(19)13-6-8-15(20)12-4-2-1-3-11(12)13/h1-9,17H. The Labute approximate surface area is 130 Å². The van der Waals surface area contributed by atoms with E-state index >= 15 is 0 Å². The van der Waals surface area contributed by atoms with Crippen molar-refractivity contribution in [3.05, 3.63) is 82.4 Å². The number of fused-ring (bicyclic) bond motifs is 1. The second kappa shape index (κ2) is 5.63. The Morgan fingerprint density at radius 1 is 0.810 bits per heavy atom. The van der Waals surface area contributed by atoms with Crippen LogP contribution < -0.4 is 0 Å². The average molecular weight is 323 g/mol. The lowest BCUT2D eigenvalue weighted by Crippen LogP contribution is -1.97. The summed E-state index contributed by atoms with van der Waals surface area (Å²) in [6.07, 6.45) is 0. The van der Waals surface area contributed by atoms with Crippen LogP contribution in [0.2, 0.25) is 5.02 Å². The first-order valence-corrected chi connectivity index (χ1v) is 7.15. The van der Waals surface area contributed by atoms with Gasteiger partial charge in [-0.3, -0.25) is 0 Å². The molecule has 0 aliphatic rings. The fourth-order valence-corrected chi connectivity index (χ4v) is 2.80. The maximum Gasteiger partial charge on any atom is 0.142 e. The summed E-state index contributed by atoms with van der Waals surface area (Å²) < 4.78 is 27.4. The minimum Gasteiger partial charge on any atom is -0.206 e. The molecular formula is C17H10Cl2F2. The van der Waals surface area contributed by atoms with E-state index in [-0.39, 0.29) is 10.8 Å². The van der Waals surface area contributed by atoms with Crippen molar-refractivity contribution in [2.75, 3.05) is 0 Å². The summed E-state index contributed by atoms with van der Waals surface area (Å²) in [4.78, 5) is 0. The van der Waals surface area contributed by atoms with Gasteiger partial charge in [0.05, 0.1) is 10.4 Å². The van der Waals surface area contributed by atoms with Crippen molar-refractivity contribution in [1.29, 1.82) is 0 Å². The third-order valence-corrected chi connectivity index (χ3v) is 4.21. The largest absolute Gasteiger partial charge is 0.206 e. The Balaban J connectivity index is 2.15. The van der Waals surface area contributed by atoms with Crippen molar-refractivity contribution in [3.63, 3.8) is 0 Å². The molecule has 0 amide bonds.